The van der Waals surface area contributed by atoms with Crippen LogP contribution in [0.15, 0.2) is 36.4 Å². The molecule has 0 radical (unpaired) electrons. The van der Waals surface area contributed by atoms with Crippen molar-refractivity contribution < 1.29 is 32.6 Å². The number of alkyl halides is 3. The number of carbonyl (C=O) groups excluding carboxylic acids is 1. The van der Waals surface area contributed by atoms with Gasteiger partial charge in [0.05, 0.1) is 18.4 Å². The Morgan fingerprint density at radius 3 is 2.43 bits per heavy atom. The van der Waals surface area contributed by atoms with Crippen molar-refractivity contribution in [1.29, 1.82) is 0 Å². The fraction of sp³-hybridized carbons (Fsp3) is 0.350. The number of rotatable bonds is 6. The Kier molecular flexibility index (Phi) is 6.90. The molecule has 0 bridgehead atoms. The molecule has 2 aromatic rings. The van der Waals surface area contributed by atoms with Gasteiger partial charge in [-0.3, -0.25) is 5.21 Å². The van der Waals surface area contributed by atoms with Crippen LogP contribution < -0.4 is 9.80 Å². The molecule has 0 aromatic heterocycles. The van der Waals surface area contributed by atoms with Crippen LogP contribution in [-0.2, 0) is 30.4 Å². The molecule has 2 aromatic carbocycles. The molecule has 28 heavy (non-hydrogen) atoms. The second-order valence-electron chi connectivity index (χ2n) is 6.02. The van der Waals surface area contributed by atoms with Crippen LogP contribution in [0.3, 0.4) is 0 Å². The second kappa shape index (κ2) is 8.97. The maximum atomic E-state index is 13.5. The van der Waals surface area contributed by atoms with Crippen molar-refractivity contribution in [2.75, 3.05) is 12.2 Å². The lowest BCUT2D eigenvalue weighted by Gasteiger charge is -2.22. The maximum absolute atomic E-state index is 13.5. The Bertz CT molecular complexity index is 837. The van der Waals surface area contributed by atoms with Gasteiger partial charge >= 0.3 is 12.3 Å². The fourth-order valence-corrected chi connectivity index (χ4v) is 2.79. The first-order valence-electron chi connectivity index (χ1n) is 8.73. The van der Waals surface area contributed by atoms with Gasteiger partial charge in [0.25, 0.3) is 0 Å². The molecule has 5 nitrogen and oxygen atoms in total. The third kappa shape index (κ3) is 4.75. The van der Waals surface area contributed by atoms with Crippen LogP contribution in [0.2, 0.25) is 0 Å². The summed E-state index contributed by atoms with van der Waals surface area (Å²) in [5.74, 6) is 0.449. The predicted molar refractivity (Wildman–Crippen MR) is 97.6 cm³/mol. The van der Waals surface area contributed by atoms with Gasteiger partial charge in [-0.05, 0) is 42.2 Å². The van der Waals surface area contributed by atoms with Crippen LogP contribution in [0.5, 0.6) is 5.75 Å². The van der Waals surface area contributed by atoms with Gasteiger partial charge in [0.15, 0.2) is 0 Å². The summed E-state index contributed by atoms with van der Waals surface area (Å²) in [4.78, 5) is 11.6. The van der Waals surface area contributed by atoms with Crippen LogP contribution >= 0.6 is 0 Å². The monoisotopic (exact) mass is 397 g/mol. The predicted octanol–water partition coefficient (Wildman–Crippen LogP) is 5.37. The number of carbonyl (C=O) groups is 1. The van der Waals surface area contributed by atoms with E-state index in [1.54, 1.807) is 6.07 Å². The van der Waals surface area contributed by atoms with Crippen molar-refractivity contribution in [3.05, 3.63) is 58.7 Å². The van der Waals surface area contributed by atoms with E-state index in [-0.39, 0.29) is 16.3 Å². The third-order valence-corrected chi connectivity index (χ3v) is 4.32. The number of hydrogen-bond donors (Lipinski definition) is 1. The van der Waals surface area contributed by atoms with Crippen LogP contribution in [0, 0.1) is 0 Å². The number of hydroxylamine groups is 1. The van der Waals surface area contributed by atoms with Crippen molar-refractivity contribution >= 4 is 11.8 Å². The molecular weight excluding hydrogens is 375 g/mol. The molecule has 0 fully saturated rings. The molecular formula is C20H22F3NO4. The quantitative estimate of drug-likeness (QED) is 0.526. The molecule has 0 aliphatic rings. The Balaban J connectivity index is 2.44. The molecule has 1 amide bonds. The number of benzene rings is 2. The second-order valence-corrected chi connectivity index (χ2v) is 6.02. The molecule has 0 saturated heterocycles. The summed E-state index contributed by atoms with van der Waals surface area (Å²) in [5.41, 5.74) is 0.220. The lowest BCUT2D eigenvalue weighted by atomic mass is 10.0. The molecule has 0 unspecified atom stereocenters. The highest BCUT2D eigenvalue weighted by Gasteiger charge is 2.36. The summed E-state index contributed by atoms with van der Waals surface area (Å²) in [6.45, 7) is 3.44. The Morgan fingerprint density at radius 1 is 1.14 bits per heavy atom. The van der Waals surface area contributed by atoms with Gasteiger partial charge < -0.3 is 9.47 Å². The standard InChI is InChI=1S/C20H22F3NO4/c1-4-13-9-10-18(14(5-2)11-13)28-12-15-16(20(21,22)23)7-6-8-17(15)24(26)19(25)27-3/h6-11,26H,4-5,12H2,1-3H3. The van der Waals surface area contributed by atoms with E-state index < -0.39 is 24.4 Å². The number of hydrogen-bond acceptors (Lipinski definition) is 4. The zero-order valence-corrected chi connectivity index (χ0v) is 15.8. The first-order chi connectivity index (χ1) is 13.2. The molecule has 0 aliphatic heterocycles. The van der Waals surface area contributed by atoms with Gasteiger partial charge in [0.1, 0.15) is 12.4 Å². The normalized spacial score (nSPS) is 11.2. The molecule has 1 N–H and O–H groups in total. The van der Waals surface area contributed by atoms with Gasteiger partial charge in [-0.2, -0.15) is 18.2 Å². The first kappa shape index (κ1) is 21.6. The zero-order chi connectivity index (χ0) is 20.9. The van der Waals surface area contributed by atoms with Gasteiger partial charge in [0.2, 0.25) is 0 Å². The average Bonchev–Trinajstić information content (AvgIpc) is 2.69. The summed E-state index contributed by atoms with van der Waals surface area (Å²) in [7, 11) is 1.01. The van der Waals surface area contributed by atoms with E-state index in [0.717, 1.165) is 36.8 Å². The number of methoxy groups -OCH3 is 1. The zero-order valence-electron chi connectivity index (χ0n) is 15.8. The van der Waals surface area contributed by atoms with Gasteiger partial charge in [-0.1, -0.05) is 32.0 Å². The number of nitrogens with zero attached hydrogens (tertiary/aromatic N) is 1. The van der Waals surface area contributed by atoms with E-state index in [4.69, 9.17) is 4.74 Å². The van der Waals surface area contributed by atoms with E-state index in [9.17, 15) is 23.2 Å². The molecule has 2 rings (SSSR count). The molecule has 8 heteroatoms. The molecule has 0 heterocycles. The number of ether oxygens (including phenoxy) is 2. The lowest BCUT2D eigenvalue weighted by molar-refractivity contribution is -0.138. The summed E-state index contributed by atoms with van der Waals surface area (Å²) >= 11 is 0. The van der Waals surface area contributed by atoms with E-state index in [1.807, 2.05) is 26.0 Å². The Morgan fingerprint density at radius 2 is 1.86 bits per heavy atom. The molecule has 0 aliphatic carbocycles. The van der Waals surface area contributed by atoms with E-state index in [0.29, 0.717) is 12.2 Å². The third-order valence-electron chi connectivity index (χ3n) is 4.32. The van der Waals surface area contributed by atoms with Crippen LogP contribution in [0.1, 0.15) is 36.1 Å². The summed E-state index contributed by atoms with van der Waals surface area (Å²) < 4.78 is 50.5. The van der Waals surface area contributed by atoms with Gasteiger partial charge in [-0.15, -0.1) is 0 Å². The average molecular weight is 397 g/mol. The van der Waals surface area contributed by atoms with Gasteiger partial charge in [-0.25, -0.2) is 4.79 Å². The SMILES string of the molecule is CCc1ccc(OCc2c(N(O)C(=O)OC)cccc2C(F)(F)F)c(CC)c1. The molecule has 0 spiro atoms. The first-order valence-corrected chi connectivity index (χ1v) is 8.73. The van der Waals surface area contributed by atoms with E-state index in [2.05, 4.69) is 4.74 Å². The minimum atomic E-state index is -4.69. The summed E-state index contributed by atoms with van der Waals surface area (Å²) in [6.07, 6.45) is -4.43. The number of anilines is 1. The maximum Gasteiger partial charge on any atom is 0.438 e. The van der Waals surface area contributed by atoms with Crippen LogP contribution in [-0.4, -0.2) is 18.4 Å². The number of aryl methyl sites for hydroxylation is 2. The Hall–Kier alpha value is -2.74. The van der Waals surface area contributed by atoms with Crippen molar-refractivity contribution in [2.24, 2.45) is 0 Å². The van der Waals surface area contributed by atoms with E-state index in [1.165, 1.54) is 6.07 Å². The van der Waals surface area contributed by atoms with Crippen LogP contribution in [0.4, 0.5) is 23.7 Å². The minimum absolute atomic E-state index is 0.0366. The van der Waals surface area contributed by atoms with Gasteiger partial charge in [0, 0.05) is 5.56 Å². The van der Waals surface area contributed by atoms with Crippen molar-refractivity contribution in [1.82, 2.24) is 0 Å². The highest BCUT2D eigenvalue weighted by atomic mass is 19.4. The highest BCUT2D eigenvalue weighted by molar-refractivity contribution is 5.86. The highest BCUT2D eigenvalue weighted by Crippen LogP contribution is 2.37. The van der Waals surface area contributed by atoms with Crippen molar-refractivity contribution in [2.45, 2.75) is 39.5 Å². The smallest absolute Gasteiger partial charge is 0.438 e. The number of amides is 1. The van der Waals surface area contributed by atoms with Crippen LogP contribution in [0.25, 0.3) is 0 Å². The molecule has 152 valence electrons. The molecule has 0 saturated carbocycles. The van der Waals surface area contributed by atoms with E-state index >= 15 is 0 Å². The minimum Gasteiger partial charge on any atom is -0.489 e. The number of halogens is 3. The fourth-order valence-electron chi connectivity index (χ4n) is 2.79. The molecule has 0 atom stereocenters. The lowest BCUT2D eigenvalue weighted by Crippen LogP contribution is -2.29. The summed E-state index contributed by atoms with van der Waals surface area (Å²) in [6, 6.07) is 8.66. The van der Waals surface area contributed by atoms with Crippen molar-refractivity contribution in [3.63, 3.8) is 0 Å². The van der Waals surface area contributed by atoms with Crippen molar-refractivity contribution in [3.8, 4) is 5.75 Å². The largest absolute Gasteiger partial charge is 0.489 e. The Labute approximate surface area is 161 Å². The topological polar surface area (TPSA) is 59.0 Å². The summed E-state index contributed by atoms with van der Waals surface area (Å²) in [5, 5.41) is 10.00.